The molecule has 0 aliphatic heterocycles. The molecule has 0 saturated heterocycles. The molecule has 0 spiro atoms. The molecule has 0 aliphatic rings. The van der Waals surface area contributed by atoms with E-state index in [1.54, 1.807) is 17.3 Å². The van der Waals surface area contributed by atoms with Crippen LogP contribution in [0.3, 0.4) is 0 Å². The number of amides is 2. The van der Waals surface area contributed by atoms with Gasteiger partial charge in [0.15, 0.2) is 0 Å². The molecule has 5 heteroatoms. The van der Waals surface area contributed by atoms with Crippen LogP contribution in [-0.2, 0) is 0 Å². The highest BCUT2D eigenvalue weighted by molar-refractivity contribution is 5.74. The molecule has 2 rings (SSSR count). The first-order valence-corrected chi connectivity index (χ1v) is 8.21. The zero-order valence-electron chi connectivity index (χ0n) is 14.4. The van der Waals surface area contributed by atoms with Crippen molar-refractivity contribution >= 4 is 6.03 Å². The van der Waals surface area contributed by atoms with Crippen LogP contribution in [0.15, 0.2) is 48.8 Å². The number of aryl methyl sites for hydroxylation is 1. The van der Waals surface area contributed by atoms with Crippen LogP contribution in [0.4, 0.5) is 4.79 Å². The highest BCUT2D eigenvalue weighted by Crippen LogP contribution is 2.16. The quantitative estimate of drug-likeness (QED) is 0.856. The minimum atomic E-state index is -0.701. The average molecular weight is 327 g/mol. The highest BCUT2D eigenvalue weighted by Gasteiger charge is 2.19. The summed E-state index contributed by atoms with van der Waals surface area (Å²) < 4.78 is 0. The monoisotopic (exact) mass is 327 g/mol. The molecule has 2 N–H and O–H groups in total. The Hall–Kier alpha value is -2.40. The first kappa shape index (κ1) is 17.9. The smallest absolute Gasteiger partial charge is 0.317 e. The van der Waals surface area contributed by atoms with Crippen molar-refractivity contribution in [2.75, 3.05) is 13.1 Å². The molecule has 0 saturated carbocycles. The van der Waals surface area contributed by atoms with E-state index in [0.29, 0.717) is 6.54 Å². The summed E-state index contributed by atoms with van der Waals surface area (Å²) in [5, 5.41) is 13.3. The summed E-state index contributed by atoms with van der Waals surface area (Å²) in [6.45, 7) is 6.62. The zero-order valence-corrected chi connectivity index (χ0v) is 14.4. The summed E-state index contributed by atoms with van der Waals surface area (Å²) in [4.78, 5) is 18.1. The average Bonchev–Trinajstić information content (AvgIpc) is 2.60. The Morgan fingerprint density at radius 2 is 1.79 bits per heavy atom. The Morgan fingerprint density at radius 1 is 1.17 bits per heavy atom. The number of hydrogen-bond donors (Lipinski definition) is 2. The van der Waals surface area contributed by atoms with Crippen molar-refractivity contribution in [2.24, 2.45) is 0 Å². The molecule has 0 fully saturated rings. The lowest BCUT2D eigenvalue weighted by molar-refractivity contribution is 0.122. The van der Waals surface area contributed by atoms with Crippen molar-refractivity contribution in [2.45, 2.75) is 32.9 Å². The van der Waals surface area contributed by atoms with Crippen molar-refractivity contribution in [1.29, 1.82) is 0 Å². The fraction of sp³-hybridized carbons (Fsp3) is 0.368. The molecule has 2 atom stereocenters. The van der Waals surface area contributed by atoms with Crippen LogP contribution < -0.4 is 5.32 Å². The number of likely N-dealkylation sites (N-methyl/N-ethyl adjacent to an activating group) is 1. The van der Waals surface area contributed by atoms with Crippen LogP contribution in [-0.4, -0.2) is 34.1 Å². The molecule has 0 radical (unpaired) electrons. The molecule has 2 aromatic rings. The fourth-order valence-electron chi connectivity index (χ4n) is 2.47. The number of aliphatic hydroxyl groups is 1. The van der Waals surface area contributed by atoms with Gasteiger partial charge >= 0.3 is 6.03 Å². The third kappa shape index (κ3) is 4.80. The lowest BCUT2D eigenvalue weighted by Crippen LogP contribution is -2.42. The van der Waals surface area contributed by atoms with Gasteiger partial charge < -0.3 is 15.3 Å². The number of pyridine rings is 1. The number of benzene rings is 1. The van der Waals surface area contributed by atoms with Gasteiger partial charge in [0.05, 0.1) is 18.7 Å². The van der Waals surface area contributed by atoms with Crippen molar-refractivity contribution in [3.8, 4) is 0 Å². The number of carbonyl (C=O) groups excluding carboxylic acids is 1. The maximum Gasteiger partial charge on any atom is 0.317 e. The second-order valence-electron chi connectivity index (χ2n) is 5.92. The molecule has 2 unspecified atom stereocenters. The summed E-state index contributed by atoms with van der Waals surface area (Å²) >= 11 is 0. The molecule has 1 aromatic carbocycles. The summed E-state index contributed by atoms with van der Waals surface area (Å²) in [6.07, 6.45) is 2.71. The van der Waals surface area contributed by atoms with Gasteiger partial charge in [0.25, 0.3) is 0 Å². The molecule has 0 aliphatic carbocycles. The summed E-state index contributed by atoms with van der Waals surface area (Å²) in [5.74, 6) is 0. The Balaban J connectivity index is 1.97. The zero-order chi connectivity index (χ0) is 17.5. The number of aromatic nitrogens is 1. The van der Waals surface area contributed by atoms with E-state index in [2.05, 4.69) is 10.3 Å². The highest BCUT2D eigenvalue weighted by atomic mass is 16.3. The van der Waals surface area contributed by atoms with Crippen LogP contribution in [0.5, 0.6) is 0 Å². The van der Waals surface area contributed by atoms with E-state index in [0.717, 1.165) is 16.7 Å². The number of hydrogen-bond acceptors (Lipinski definition) is 3. The van der Waals surface area contributed by atoms with E-state index in [9.17, 15) is 9.90 Å². The van der Waals surface area contributed by atoms with Crippen molar-refractivity contribution in [3.63, 3.8) is 0 Å². The van der Waals surface area contributed by atoms with E-state index in [1.165, 1.54) is 0 Å². The van der Waals surface area contributed by atoms with E-state index in [-0.39, 0.29) is 18.6 Å². The van der Waals surface area contributed by atoms with Crippen LogP contribution in [0.2, 0.25) is 0 Å². The SMILES string of the molecule is CCN(CC(O)c1ccc(C)cc1)C(=O)NC(C)c1ccncc1. The lowest BCUT2D eigenvalue weighted by Gasteiger charge is -2.26. The van der Waals surface area contributed by atoms with E-state index in [4.69, 9.17) is 0 Å². The largest absolute Gasteiger partial charge is 0.387 e. The van der Waals surface area contributed by atoms with Crippen molar-refractivity contribution < 1.29 is 9.90 Å². The van der Waals surface area contributed by atoms with E-state index in [1.807, 2.05) is 57.2 Å². The minimum Gasteiger partial charge on any atom is -0.387 e. The predicted molar refractivity (Wildman–Crippen MR) is 94.6 cm³/mol. The third-order valence-corrected chi connectivity index (χ3v) is 4.07. The van der Waals surface area contributed by atoms with Crippen LogP contribution >= 0.6 is 0 Å². The maximum atomic E-state index is 12.5. The molecule has 1 heterocycles. The van der Waals surface area contributed by atoms with Crippen LogP contribution in [0.25, 0.3) is 0 Å². The molecule has 1 aromatic heterocycles. The minimum absolute atomic E-state index is 0.119. The van der Waals surface area contributed by atoms with Gasteiger partial charge in [-0.1, -0.05) is 29.8 Å². The Morgan fingerprint density at radius 3 is 2.38 bits per heavy atom. The summed E-state index contributed by atoms with van der Waals surface area (Å²) in [7, 11) is 0. The van der Waals surface area contributed by atoms with Gasteiger partial charge in [0, 0.05) is 18.9 Å². The number of rotatable bonds is 6. The van der Waals surface area contributed by atoms with Gasteiger partial charge in [-0.25, -0.2) is 4.79 Å². The number of nitrogens with one attached hydrogen (secondary N) is 1. The summed E-state index contributed by atoms with van der Waals surface area (Å²) in [6, 6.07) is 11.2. The Bertz CT molecular complexity index is 643. The van der Waals surface area contributed by atoms with Crippen LogP contribution in [0, 0.1) is 6.92 Å². The Labute approximate surface area is 143 Å². The van der Waals surface area contributed by atoms with Crippen LogP contribution in [0.1, 0.15) is 42.7 Å². The van der Waals surface area contributed by atoms with Gasteiger partial charge in [-0.05, 0) is 44.0 Å². The molecule has 24 heavy (non-hydrogen) atoms. The fourth-order valence-corrected chi connectivity index (χ4v) is 2.47. The lowest BCUT2D eigenvalue weighted by atomic mass is 10.1. The normalized spacial score (nSPS) is 13.2. The predicted octanol–water partition coefficient (Wildman–Crippen LogP) is 3.22. The van der Waals surface area contributed by atoms with E-state index < -0.39 is 6.10 Å². The number of aliphatic hydroxyl groups excluding tert-OH is 1. The van der Waals surface area contributed by atoms with Gasteiger partial charge in [0.1, 0.15) is 0 Å². The summed E-state index contributed by atoms with van der Waals surface area (Å²) in [5.41, 5.74) is 2.95. The number of urea groups is 1. The second-order valence-corrected chi connectivity index (χ2v) is 5.92. The number of nitrogens with zero attached hydrogens (tertiary/aromatic N) is 2. The molecule has 128 valence electrons. The number of carbonyl (C=O) groups is 1. The van der Waals surface area contributed by atoms with Crippen molar-refractivity contribution in [3.05, 3.63) is 65.5 Å². The van der Waals surface area contributed by atoms with Crippen molar-refractivity contribution in [1.82, 2.24) is 15.2 Å². The first-order chi connectivity index (χ1) is 11.5. The van der Waals surface area contributed by atoms with E-state index >= 15 is 0 Å². The third-order valence-electron chi connectivity index (χ3n) is 4.07. The molecule has 0 bridgehead atoms. The van der Waals surface area contributed by atoms with Gasteiger partial charge in [-0.3, -0.25) is 4.98 Å². The van der Waals surface area contributed by atoms with Gasteiger partial charge in [-0.15, -0.1) is 0 Å². The first-order valence-electron chi connectivity index (χ1n) is 8.21. The van der Waals surface area contributed by atoms with Gasteiger partial charge in [-0.2, -0.15) is 0 Å². The molecular weight excluding hydrogens is 302 g/mol. The van der Waals surface area contributed by atoms with Gasteiger partial charge in [0.2, 0.25) is 0 Å². The second kappa shape index (κ2) is 8.45. The molecular formula is C19H25N3O2. The Kier molecular flexibility index (Phi) is 6.32. The molecule has 5 nitrogen and oxygen atoms in total. The maximum absolute atomic E-state index is 12.5. The standard InChI is InChI=1S/C19H25N3O2/c1-4-22(13-18(23)17-7-5-14(2)6-8-17)19(24)21-15(3)16-9-11-20-12-10-16/h5-12,15,18,23H,4,13H2,1-3H3,(H,21,24). The molecule has 2 amide bonds. The topological polar surface area (TPSA) is 65.5 Å².